The molecule has 8 atom stereocenters. The van der Waals surface area contributed by atoms with Gasteiger partial charge in [0.05, 0.1) is 6.10 Å². The van der Waals surface area contributed by atoms with Crippen LogP contribution in [0.25, 0.3) is 0 Å². The molecule has 0 N–H and O–H groups in total. The van der Waals surface area contributed by atoms with E-state index in [1.165, 1.54) is 32.1 Å². The summed E-state index contributed by atoms with van der Waals surface area (Å²) in [5.74, 6) is 4.11. The fourth-order valence-electron chi connectivity index (χ4n) is 7.29. The van der Waals surface area contributed by atoms with E-state index in [2.05, 4.69) is 69.5 Å². The lowest BCUT2D eigenvalue weighted by molar-refractivity contribution is 0.0856. The summed E-state index contributed by atoms with van der Waals surface area (Å²) in [5.41, 5.74) is 0.778. The molecule has 5 rings (SSSR count). The third kappa shape index (κ3) is 3.16. The summed E-state index contributed by atoms with van der Waals surface area (Å²) >= 11 is 4.37. The molecule has 150 valence electrons. The first-order valence-corrected chi connectivity index (χ1v) is 16.0. The molecule has 1 nitrogen and oxygen atoms in total. The molecule has 8 unspecified atom stereocenters. The zero-order valence-electron chi connectivity index (χ0n) is 17.6. The highest BCUT2D eigenvalue weighted by Gasteiger charge is 2.60. The number of rotatable bonds is 3. The lowest BCUT2D eigenvalue weighted by atomic mass is 9.81. The average molecular weight is 421 g/mol. The first kappa shape index (κ1) is 19.3. The minimum absolute atomic E-state index is 0.551. The van der Waals surface area contributed by atoms with Crippen molar-refractivity contribution in [2.24, 2.45) is 29.6 Å². The van der Waals surface area contributed by atoms with E-state index in [0.29, 0.717) is 6.10 Å². The highest BCUT2D eigenvalue weighted by molar-refractivity contribution is 8.05. The number of allylic oxidation sites excluding steroid dienone is 4. The molecule has 0 amide bonds. The van der Waals surface area contributed by atoms with Crippen molar-refractivity contribution >= 4 is 31.8 Å². The van der Waals surface area contributed by atoms with Gasteiger partial charge in [-0.3, -0.25) is 0 Å². The minimum Gasteiger partial charge on any atom is -0.414 e. The van der Waals surface area contributed by atoms with Gasteiger partial charge in [-0.15, -0.1) is 23.5 Å². The topological polar surface area (TPSA) is 9.23 Å². The van der Waals surface area contributed by atoms with Gasteiger partial charge in [0, 0.05) is 16.0 Å². The maximum atomic E-state index is 7.32. The monoisotopic (exact) mass is 420 g/mol. The van der Waals surface area contributed by atoms with Gasteiger partial charge >= 0.3 is 0 Å². The van der Waals surface area contributed by atoms with Crippen LogP contribution in [0.1, 0.15) is 52.9 Å². The van der Waals surface area contributed by atoms with Crippen molar-refractivity contribution in [2.45, 2.75) is 88.1 Å². The van der Waals surface area contributed by atoms with Gasteiger partial charge in [0.25, 0.3) is 0 Å². The Hall–Kier alpha value is 0.357. The predicted octanol–water partition coefficient (Wildman–Crippen LogP) is 7.08. The highest BCUT2D eigenvalue weighted by atomic mass is 32.2. The van der Waals surface area contributed by atoms with E-state index >= 15 is 0 Å². The van der Waals surface area contributed by atoms with E-state index in [4.69, 9.17) is 4.43 Å². The van der Waals surface area contributed by atoms with Crippen molar-refractivity contribution in [1.82, 2.24) is 0 Å². The fourth-order valence-corrected chi connectivity index (χ4v) is 15.9. The Bertz CT molecular complexity index is 639. The second kappa shape index (κ2) is 6.96. The lowest BCUT2D eigenvalue weighted by Crippen LogP contribution is -2.48. The van der Waals surface area contributed by atoms with Crippen LogP contribution in [0.4, 0.5) is 0 Å². The Morgan fingerprint density at radius 3 is 2.19 bits per heavy atom. The molecular weight excluding hydrogens is 384 g/mol. The van der Waals surface area contributed by atoms with Gasteiger partial charge in [0.1, 0.15) is 0 Å². The van der Waals surface area contributed by atoms with Crippen LogP contribution in [0.5, 0.6) is 0 Å². The third-order valence-electron chi connectivity index (χ3n) is 8.28. The molecule has 0 spiro atoms. The summed E-state index contributed by atoms with van der Waals surface area (Å²) in [5, 5.41) is 1.55. The molecule has 27 heavy (non-hydrogen) atoms. The summed E-state index contributed by atoms with van der Waals surface area (Å²) in [7, 11) is -1.79. The van der Waals surface area contributed by atoms with Crippen LogP contribution in [0.15, 0.2) is 22.0 Å². The standard InChI is InChI=1S/C23H36OS2Si/c1-13-10-16-8-6-7-9-17(16)20(13)24-27(4,5)23-21-18(11-14(2)25-21)19-12-15(3)26-22(19)23/h11-13,16-23H,6-10H2,1-5H3. The molecule has 4 heteroatoms. The molecule has 0 aromatic carbocycles. The van der Waals surface area contributed by atoms with Crippen molar-refractivity contribution in [2.75, 3.05) is 0 Å². The summed E-state index contributed by atoms with van der Waals surface area (Å²) in [6.07, 6.45) is 13.0. The van der Waals surface area contributed by atoms with Crippen molar-refractivity contribution in [3.05, 3.63) is 22.0 Å². The predicted molar refractivity (Wildman–Crippen MR) is 123 cm³/mol. The van der Waals surface area contributed by atoms with Crippen LogP contribution in [0.3, 0.4) is 0 Å². The van der Waals surface area contributed by atoms with E-state index in [9.17, 15) is 0 Å². The van der Waals surface area contributed by atoms with Crippen molar-refractivity contribution in [1.29, 1.82) is 0 Å². The highest BCUT2D eigenvalue weighted by Crippen LogP contribution is 2.65. The molecule has 0 aromatic heterocycles. The summed E-state index contributed by atoms with van der Waals surface area (Å²) in [4.78, 5) is 3.12. The van der Waals surface area contributed by atoms with E-state index in [1.54, 1.807) is 9.81 Å². The number of hydrogen-bond acceptors (Lipinski definition) is 3. The molecule has 0 radical (unpaired) electrons. The Labute approximate surface area is 175 Å². The molecule has 3 saturated carbocycles. The summed E-state index contributed by atoms with van der Waals surface area (Å²) < 4.78 is 7.32. The second-order valence-corrected chi connectivity index (χ2v) is 17.5. The summed E-state index contributed by atoms with van der Waals surface area (Å²) in [6.45, 7) is 12.3. The average Bonchev–Trinajstić information content (AvgIpc) is 3.29. The van der Waals surface area contributed by atoms with Gasteiger partial charge in [-0.25, -0.2) is 0 Å². The zero-order valence-corrected chi connectivity index (χ0v) is 20.2. The fraction of sp³-hybridized carbons (Fsp3) is 0.826. The van der Waals surface area contributed by atoms with E-state index in [0.717, 1.165) is 45.6 Å². The third-order valence-corrected chi connectivity index (χ3v) is 14.7. The Morgan fingerprint density at radius 2 is 1.56 bits per heavy atom. The number of thioether (sulfide) groups is 2. The van der Waals surface area contributed by atoms with Gasteiger partial charge < -0.3 is 4.43 Å². The van der Waals surface area contributed by atoms with Crippen molar-refractivity contribution < 1.29 is 4.43 Å². The molecule has 0 saturated heterocycles. The van der Waals surface area contributed by atoms with Crippen LogP contribution in [0.2, 0.25) is 18.6 Å². The molecule has 2 aliphatic heterocycles. The van der Waals surface area contributed by atoms with Crippen LogP contribution < -0.4 is 0 Å². The Morgan fingerprint density at radius 1 is 0.963 bits per heavy atom. The molecule has 2 heterocycles. The summed E-state index contributed by atoms with van der Waals surface area (Å²) in [6, 6.07) is 0. The van der Waals surface area contributed by atoms with Crippen molar-refractivity contribution in [3.8, 4) is 0 Å². The van der Waals surface area contributed by atoms with E-state index in [1.807, 2.05) is 0 Å². The normalized spacial score (nSPS) is 48.9. The van der Waals surface area contributed by atoms with Crippen LogP contribution in [-0.2, 0) is 4.43 Å². The first-order valence-electron chi connectivity index (χ1n) is 11.2. The van der Waals surface area contributed by atoms with Gasteiger partial charge in [0.2, 0.25) is 0 Å². The molecular formula is C23H36OS2Si. The van der Waals surface area contributed by atoms with E-state index < -0.39 is 8.32 Å². The Balaban J connectivity index is 1.40. The molecule has 0 bridgehead atoms. The van der Waals surface area contributed by atoms with Crippen LogP contribution in [0, 0.1) is 29.6 Å². The minimum atomic E-state index is -1.79. The zero-order chi connectivity index (χ0) is 18.9. The van der Waals surface area contributed by atoms with Crippen LogP contribution in [-0.4, -0.2) is 24.9 Å². The first-order chi connectivity index (χ1) is 12.8. The molecule has 0 aromatic rings. The smallest absolute Gasteiger partial charge is 0.192 e. The van der Waals surface area contributed by atoms with Crippen LogP contribution >= 0.6 is 23.5 Å². The van der Waals surface area contributed by atoms with Gasteiger partial charge in [0.15, 0.2) is 8.32 Å². The second-order valence-electron chi connectivity index (χ2n) is 10.5. The maximum absolute atomic E-state index is 7.32. The van der Waals surface area contributed by atoms with Gasteiger partial charge in [-0.05, 0) is 79.2 Å². The molecule has 3 fully saturated rings. The SMILES string of the molecule is CC1=CC2C3C=C(C)SC3C([Si](C)(C)OC3C(C)CC4CCCCC43)C2S1. The van der Waals surface area contributed by atoms with Gasteiger partial charge in [-0.1, -0.05) is 38.3 Å². The molecule has 3 aliphatic carbocycles. The number of fused-ring (bicyclic) bond motifs is 4. The Kier molecular flexibility index (Phi) is 4.98. The van der Waals surface area contributed by atoms with Gasteiger partial charge in [-0.2, -0.15) is 0 Å². The quantitative estimate of drug-likeness (QED) is 0.451. The largest absolute Gasteiger partial charge is 0.414 e. The lowest BCUT2D eigenvalue weighted by Gasteiger charge is -2.41. The van der Waals surface area contributed by atoms with E-state index in [-0.39, 0.29) is 0 Å². The maximum Gasteiger partial charge on any atom is 0.192 e. The molecule has 5 aliphatic rings. The number of hydrogen-bond donors (Lipinski definition) is 0. The van der Waals surface area contributed by atoms with Crippen molar-refractivity contribution in [3.63, 3.8) is 0 Å².